The maximum Gasteiger partial charge on any atom is 0.410 e. The van der Waals surface area contributed by atoms with Gasteiger partial charge in [-0.3, -0.25) is 0 Å². The van der Waals surface area contributed by atoms with E-state index in [-0.39, 0.29) is 23.8 Å². The number of nitrogens with two attached hydrogens (primary N) is 1. The number of hydrogen-bond acceptors (Lipinski definition) is 6. The summed E-state index contributed by atoms with van der Waals surface area (Å²) in [6, 6.07) is 1.83. The molecule has 1 amide bonds. The summed E-state index contributed by atoms with van der Waals surface area (Å²) in [6.07, 6.45) is 4.24. The van der Waals surface area contributed by atoms with Gasteiger partial charge in [-0.1, -0.05) is 0 Å². The molecule has 10 heteroatoms. The highest BCUT2D eigenvalue weighted by Gasteiger charge is 2.35. The van der Waals surface area contributed by atoms with Gasteiger partial charge in [-0.05, 0) is 42.8 Å². The average molecular weight is 463 g/mol. The molecule has 3 aromatic heterocycles. The van der Waals surface area contributed by atoms with Gasteiger partial charge >= 0.3 is 6.09 Å². The molecule has 0 spiro atoms. The summed E-state index contributed by atoms with van der Waals surface area (Å²) in [5.74, 6) is -0.564. The summed E-state index contributed by atoms with van der Waals surface area (Å²) in [5, 5.41) is 0.777. The van der Waals surface area contributed by atoms with Crippen molar-refractivity contribution >= 4 is 38.9 Å². The van der Waals surface area contributed by atoms with E-state index in [0.717, 1.165) is 17.1 Å². The number of carbonyl (C=O) groups is 1. The lowest BCUT2D eigenvalue weighted by Crippen LogP contribution is -2.52. The first-order chi connectivity index (χ1) is 13.6. The SMILES string of the molecule is CC(C)(C)OC(=O)N1CC(n2cc(-c3nc(N)ncc3F)c3cc(Br)ncc32)C1. The Morgan fingerprint density at radius 1 is 1.31 bits per heavy atom. The third-order valence-electron chi connectivity index (χ3n) is 4.61. The maximum atomic E-state index is 14.4. The van der Waals surface area contributed by atoms with Crippen LogP contribution in [0.2, 0.25) is 0 Å². The second-order valence-electron chi connectivity index (χ2n) is 7.94. The van der Waals surface area contributed by atoms with Crippen LogP contribution in [0.1, 0.15) is 26.8 Å². The molecule has 0 unspecified atom stereocenters. The summed E-state index contributed by atoms with van der Waals surface area (Å²) in [7, 11) is 0. The van der Waals surface area contributed by atoms with E-state index >= 15 is 0 Å². The Morgan fingerprint density at radius 3 is 2.72 bits per heavy atom. The van der Waals surface area contributed by atoms with Gasteiger partial charge in [-0.15, -0.1) is 0 Å². The quantitative estimate of drug-likeness (QED) is 0.581. The maximum absolute atomic E-state index is 14.4. The van der Waals surface area contributed by atoms with E-state index in [1.165, 1.54) is 0 Å². The first kappa shape index (κ1) is 19.6. The number of halogens is 2. The molecule has 3 aromatic rings. The molecular formula is C19H20BrFN6O2. The molecule has 2 N–H and O–H groups in total. The third-order valence-corrected chi connectivity index (χ3v) is 5.04. The zero-order chi connectivity index (χ0) is 20.9. The molecule has 0 saturated carbocycles. The van der Waals surface area contributed by atoms with Crippen LogP contribution < -0.4 is 5.73 Å². The molecule has 152 valence electrons. The van der Waals surface area contributed by atoms with Crippen LogP contribution in [0.4, 0.5) is 15.1 Å². The third kappa shape index (κ3) is 3.76. The van der Waals surface area contributed by atoms with Gasteiger partial charge in [0, 0.05) is 30.2 Å². The van der Waals surface area contributed by atoms with Crippen LogP contribution in [0.25, 0.3) is 22.2 Å². The fraction of sp³-hybridized carbons (Fsp3) is 0.368. The molecule has 0 atom stereocenters. The Hall–Kier alpha value is -2.75. The first-order valence-corrected chi connectivity index (χ1v) is 9.84. The van der Waals surface area contributed by atoms with Gasteiger partial charge in [-0.25, -0.2) is 24.1 Å². The van der Waals surface area contributed by atoms with Gasteiger partial charge in [0.1, 0.15) is 15.9 Å². The molecule has 0 aliphatic carbocycles. The topological polar surface area (TPSA) is 99.2 Å². The molecule has 1 aliphatic heterocycles. The smallest absolute Gasteiger partial charge is 0.410 e. The highest BCUT2D eigenvalue weighted by Crippen LogP contribution is 2.36. The number of aromatic nitrogens is 4. The first-order valence-electron chi connectivity index (χ1n) is 9.05. The molecule has 1 aliphatic rings. The number of ether oxygens (including phenoxy) is 1. The van der Waals surface area contributed by atoms with E-state index in [0.29, 0.717) is 23.3 Å². The van der Waals surface area contributed by atoms with Gasteiger partial charge < -0.3 is 19.9 Å². The second-order valence-corrected chi connectivity index (χ2v) is 8.75. The number of amides is 1. The minimum atomic E-state index is -0.560. The number of hydrogen-bond donors (Lipinski definition) is 1. The van der Waals surface area contributed by atoms with Crippen LogP contribution in [0.5, 0.6) is 0 Å². The predicted molar refractivity (Wildman–Crippen MR) is 110 cm³/mol. The van der Waals surface area contributed by atoms with Crippen molar-refractivity contribution in [2.24, 2.45) is 0 Å². The Balaban J connectivity index is 1.69. The number of rotatable bonds is 2. The lowest BCUT2D eigenvalue weighted by atomic mass is 10.1. The molecular weight excluding hydrogens is 443 g/mol. The minimum absolute atomic E-state index is 0.00448. The fourth-order valence-electron chi connectivity index (χ4n) is 3.29. The highest BCUT2D eigenvalue weighted by atomic mass is 79.9. The molecule has 29 heavy (non-hydrogen) atoms. The fourth-order valence-corrected chi connectivity index (χ4v) is 3.62. The molecule has 0 radical (unpaired) electrons. The number of nitrogen functional groups attached to an aromatic ring is 1. The summed E-state index contributed by atoms with van der Waals surface area (Å²) in [4.78, 5) is 25.9. The van der Waals surface area contributed by atoms with E-state index in [1.807, 2.05) is 37.6 Å². The normalized spacial score (nSPS) is 14.9. The predicted octanol–water partition coefficient (Wildman–Crippen LogP) is 3.77. The van der Waals surface area contributed by atoms with Gasteiger partial charge in [-0.2, -0.15) is 0 Å². The van der Waals surface area contributed by atoms with E-state index in [9.17, 15) is 9.18 Å². The van der Waals surface area contributed by atoms with Gasteiger partial charge in [0.2, 0.25) is 5.95 Å². The van der Waals surface area contributed by atoms with Gasteiger partial charge in [0.25, 0.3) is 0 Å². The van der Waals surface area contributed by atoms with Crippen molar-refractivity contribution in [2.75, 3.05) is 18.8 Å². The number of pyridine rings is 1. The largest absolute Gasteiger partial charge is 0.444 e. The Morgan fingerprint density at radius 2 is 2.03 bits per heavy atom. The minimum Gasteiger partial charge on any atom is -0.444 e. The van der Waals surface area contributed by atoms with Gasteiger partial charge in [0.05, 0.1) is 24.0 Å². The summed E-state index contributed by atoms with van der Waals surface area (Å²) in [5.41, 5.74) is 6.65. The lowest BCUT2D eigenvalue weighted by Gasteiger charge is -2.40. The summed E-state index contributed by atoms with van der Waals surface area (Å²) < 4.78 is 22.4. The number of anilines is 1. The molecule has 1 fully saturated rings. The van der Waals surface area contributed by atoms with Crippen LogP contribution in [0.15, 0.2) is 29.3 Å². The van der Waals surface area contributed by atoms with Crippen molar-refractivity contribution in [1.82, 2.24) is 24.4 Å². The zero-order valence-corrected chi connectivity index (χ0v) is 17.8. The Labute approximate surface area is 175 Å². The number of nitrogens with zero attached hydrogens (tertiary/aromatic N) is 5. The molecule has 0 bridgehead atoms. The van der Waals surface area contributed by atoms with Crippen LogP contribution in [0, 0.1) is 5.82 Å². The van der Waals surface area contributed by atoms with Crippen LogP contribution in [0.3, 0.4) is 0 Å². The van der Waals surface area contributed by atoms with Crippen molar-refractivity contribution in [3.05, 3.63) is 35.1 Å². The van der Waals surface area contributed by atoms with E-state index in [2.05, 4.69) is 30.9 Å². The standard InChI is InChI=1S/C19H20BrFN6O2/c1-19(2,3)29-18(28)26-7-10(8-26)27-9-12(11-4-15(20)23-6-14(11)27)16-13(21)5-24-17(22)25-16/h4-6,9-10H,7-8H2,1-3H3,(H2,22,24,25). The van der Waals surface area contributed by atoms with Gasteiger partial charge in [0.15, 0.2) is 5.82 Å². The second kappa shape index (κ2) is 6.94. The van der Waals surface area contributed by atoms with Crippen molar-refractivity contribution in [2.45, 2.75) is 32.4 Å². The molecule has 4 heterocycles. The average Bonchev–Trinajstić information content (AvgIpc) is 2.92. The van der Waals surface area contributed by atoms with Crippen LogP contribution >= 0.6 is 15.9 Å². The van der Waals surface area contributed by atoms with Crippen molar-refractivity contribution < 1.29 is 13.9 Å². The molecule has 1 saturated heterocycles. The van der Waals surface area contributed by atoms with Crippen LogP contribution in [-0.4, -0.2) is 49.2 Å². The highest BCUT2D eigenvalue weighted by molar-refractivity contribution is 9.10. The Bertz CT molecular complexity index is 1100. The van der Waals surface area contributed by atoms with E-state index in [1.54, 1.807) is 11.1 Å². The number of fused-ring (bicyclic) bond motifs is 1. The summed E-state index contributed by atoms with van der Waals surface area (Å²) >= 11 is 3.36. The number of carbonyl (C=O) groups excluding carboxylic acids is 1. The van der Waals surface area contributed by atoms with Crippen molar-refractivity contribution in [3.63, 3.8) is 0 Å². The van der Waals surface area contributed by atoms with E-state index < -0.39 is 11.4 Å². The van der Waals surface area contributed by atoms with Crippen molar-refractivity contribution in [3.8, 4) is 11.3 Å². The monoisotopic (exact) mass is 462 g/mol. The zero-order valence-electron chi connectivity index (χ0n) is 16.2. The molecule has 4 rings (SSSR count). The molecule has 0 aromatic carbocycles. The summed E-state index contributed by atoms with van der Waals surface area (Å²) in [6.45, 7) is 6.48. The van der Waals surface area contributed by atoms with Crippen LogP contribution in [-0.2, 0) is 4.74 Å². The Kier molecular flexibility index (Phi) is 4.68. The van der Waals surface area contributed by atoms with E-state index in [4.69, 9.17) is 10.5 Å². The molecule has 8 nitrogen and oxygen atoms in total. The lowest BCUT2D eigenvalue weighted by molar-refractivity contribution is 0.00158. The number of likely N-dealkylation sites (tertiary alicyclic amines) is 1. The van der Waals surface area contributed by atoms with Crippen molar-refractivity contribution in [1.29, 1.82) is 0 Å².